The first-order chi connectivity index (χ1) is 10.1. The van der Waals surface area contributed by atoms with Crippen LogP contribution in [0, 0.1) is 13.8 Å². The summed E-state index contributed by atoms with van der Waals surface area (Å²) in [6.45, 7) is 4.26. The molecule has 1 aromatic carbocycles. The molecule has 0 atom stereocenters. The number of benzene rings is 1. The zero-order valence-electron chi connectivity index (χ0n) is 11.9. The van der Waals surface area contributed by atoms with Gasteiger partial charge in [-0.15, -0.1) is 11.3 Å². The minimum atomic E-state index is -0.0284. The molecule has 0 spiro atoms. The number of hydrogen-bond donors (Lipinski definition) is 1. The van der Waals surface area contributed by atoms with Crippen LogP contribution in [0.2, 0.25) is 0 Å². The molecule has 0 fully saturated rings. The SMILES string of the molecule is Cc1nc(CCC(=O)Nc2ccc3c(c2)OCO3)sc1C. The predicted octanol–water partition coefficient (Wildman–Crippen LogP) is 3.06. The normalized spacial score (nSPS) is 12.5. The molecule has 0 bridgehead atoms. The zero-order valence-corrected chi connectivity index (χ0v) is 12.8. The van der Waals surface area contributed by atoms with E-state index < -0.39 is 0 Å². The lowest BCUT2D eigenvalue weighted by atomic mass is 10.2. The van der Waals surface area contributed by atoms with Gasteiger partial charge in [-0.2, -0.15) is 0 Å². The average Bonchev–Trinajstić information content (AvgIpc) is 3.03. The van der Waals surface area contributed by atoms with Gasteiger partial charge in [0.2, 0.25) is 12.7 Å². The summed E-state index contributed by atoms with van der Waals surface area (Å²) in [7, 11) is 0. The Balaban J connectivity index is 1.56. The van der Waals surface area contributed by atoms with E-state index in [9.17, 15) is 4.79 Å². The molecule has 3 rings (SSSR count). The molecule has 0 saturated heterocycles. The lowest BCUT2D eigenvalue weighted by molar-refractivity contribution is -0.116. The van der Waals surface area contributed by atoms with Crippen molar-refractivity contribution in [2.45, 2.75) is 26.7 Å². The van der Waals surface area contributed by atoms with Crippen LogP contribution >= 0.6 is 11.3 Å². The third-order valence-electron chi connectivity index (χ3n) is 3.30. The second-order valence-electron chi connectivity index (χ2n) is 4.87. The van der Waals surface area contributed by atoms with Gasteiger partial charge in [0, 0.05) is 29.5 Å². The van der Waals surface area contributed by atoms with Gasteiger partial charge in [0.15, 0.2) is 11.5 Å². The molecule has 0 aliphatic carbocycles. The van der Waals surface area contributed by atoms with Crippen LogP contribution in [0.3, 0.4) is 0 Å². The van der Waals surface area contributed by atoms with Crippen LogP contribution in [0.5, 0.6) is 11.5 Å². The van der Waals surface area contributed by atoms with Gasteiger partial charge in [0.05, 0.1) is 10.7 Å². The summed E-state index contributed by atoms with van der Waals surface area (Å²) in [5, 5.41) is 3.87. The van der Waals surface area contributed by atoms with Crippen LogP contribution in [0.4, 0.5) is 5.69 Å². The van der Waals surface area contributed by atoms with Gasteiger partial charge in [-0.05, 0) is 26.0 Å². The molecule has 21 heavy (non-hydrogen) atoms. The number of nitrogens with zero attached hydrogens (tertiary/aromatic N) is 1. The molecule has 1 aromatic heterocycles. The third kappa shape index (κ3) is 3.16. The van der Waals surface area contributed by atoms with Crippen molar-refractivity contribution in [2.24, 2.45) is 0 Å². The highest BCUT2D eigenvalue weighted by Crippen LogP contribution is 2.34. The number of fused-ring (bicyclic) bond motifs is 1. The largest absolute Gasteiger partial charge is 0.454 e. The molecule has 1 N–H and O–H groups in total. The average molecular weight is 304 g/mol. The molecule has 110 valence electrons. The lowest BCUT2D eigenvalue weighted by Gasteiger charge is -2.05. The maximum atomic E-state index is 12.0. The zero-order chi connectivity index (χ0) is 14.8. The first-order valence-corrected chi connectivity index (χ1v) is 7.56. The van der Waals surface area contributed by atoms with Crippen LogP contribution in [-0.2, 0) is 11.2 Å². The van der Waals surface area contributed by atoms with Crippen molar-refractivity contribution >= 4 is 22.9 Å². The molecule has 0 radical (unpaired) electrons. The number of ether oxygens (including phenoxy) is 2. The van der Waals surface area contributed by atoms with E-state index in [2.05, 4.69) is 10.3 Å². The fourth-order valence-electron chi connectivity index (χ4n) is 2.06. The molecule has 2 aromatic rings. The second-order valence-corrected chi connectivity index (χ2v) is 6.15. The number of hydrogen-bond acceptors (Lipinski definition) is 5. The highest BCUT2D eigenvalue weighted by Gasteiger charge is 2.14. The van der Waals surface area contributed by atoms with Crippen molar-refractivity contribution in [2.75, 3.05) is 12.1 Å². The summed E-state index contributed by atoms with van der Waals surface area (Å²) >= 11 is 1.65. The van der Waals surface area contributed by atoms with Crippen molar-refractivity contribution in [1.82, 2.24) is 4.98 Å². The highest BCUT2D eigenvalue weighted by molar-refractivity contribution is 7.11. The maximum absolute atomic E-state index is 12.0. The first kappa shape index (κ1) is 13.9. The van der Waals surface area contributed by atoms with Crippen LogP contribution in [-0.4, -0.2) is 17.7 Å². The Morgan fingerprint density at radius 3 is 2.90 bits per heavy atom. The molecule has 6 heteroatoms. The van der Waals surface area contributed by atoms with Crippen molar-refractivity contribution in [3.8, 4) is 11.5 Å². The van der Waals surface area contributed by atoms with Crippen LogP contribution in [0.25, 0.3) is 0 Å². The quantitative estimate of drug-likeness (QED) is 0.943. The standard InChI is InChI=1S/C15H16N2O3S/c1-9-10(2)21-15(16-9)6-5-14(18)17-11-3-4-12-13(7-11)20-8-19-12/h3-4,7H,5-6,8H2,1-2H3,(H,17,18). The van der Waals surface area contributed by atoms with Crippen LogP contribution in [0.15, 0.2) is 18.2 Å². The van der Waals surface area contributed by atoms with E-state index in [0.717, 1.165) is 16.4 Å². The smallest absolute Gasteiger partial charge is 0.231 e. The fourth-order valence-corrected chi connectivity index (χ4v) is 3.00. The van der Waals surface area contributed by atoms with Crippen molar-refractivity contribution in [1.29, 1.82) is 0 Å². The minimum absolute atomic E-state index is 0.0284. The summed E-state index contributed by atoms with van der Waals surface area (Å²) in [6, 6.07) is 5.38. The molecule has 0 saturated carbocycles. The van der Waals surface area contributed by atoms with Crippen molar-refractivity contribution in [3.63, 3.8) is 0 Å². The van der Waals surface area contributed by atoms with E-state index in [1.807, 2.05) is 19.9 Å². The molecule has 2 heterocycles. The van der Waals surface area contributed by atoms with E-state index in [4.69, 9.17) is 9.47 Å². The predicted molar refractivity (Wildman–Crippen MR) is 81.1 cm³/mol. The number of thiazole rings is 1. The Morgan fingerprint density at radius 2 is 2.14 bits per heavy atom. The minimum Gasteiger partial charge on any atom is -0.454 e. The number of amides is 1. The molecular weight excluding hydrogens is 288 g/mol. The first-order valence-electron chi connectivity index (χ1n) is 6.74. The number of carbonyl (C=O) groups is 1. The van der Waals surface area contributed by atoms with Gasteiger partial charge in [-0.25, -0.2) is 4.98 Å². The number of aromatic nitrogens is 1. The van der Waals surface area contributed by atoms with E-state index in [1.165, 1.54) is 4.88 Å². The molecule has 1 aliphatic heterocycles. The topological polar surface area (TPSA) is 60.5 Å². The number of aryl methyl sites for hydroxylation is 3. The molecule has 5 nitrogen and oxygen atoms in total. The Hall–Kier alpha value is -2.08. The van der Waals surface area contributed by atoms with E-state index >= 15 is 0 Å². The van der Waals surface area contributed by atoms with Gasteiger partial charge in [-0.1, -0.05) is 0 Å². The summed E-state index contributed by atoms with van der Waals surface area (Å²) in [5.41, 5.74) is 1.77. The van der Waals surface area contributed by atoms with E-state index in [0.29, 0.717) is 24.3 Å². The third-order valence-corrected chi connectivity index (χ3v) is 4.43. The summed E-state index contributed by atoms with van der Waals surface area (Å²) in [6.07, 6.45) is 1.08. The Kier molecular flexibility index (Phi) is 3.79. The van der Waals surface area contributed by atoms with E-state index in [-0.39, 0.29) is 12.7 Å². The van der Waals surface area contributed by atoms with Crippen molar-refractivity contribution < 1.29 is 14.3 Å². The van der Waals surface area contributed by atoms with E-state index in [1.54, 1.807) is 23.5 Å². The van der Waals surface area contributed by atoms with Gasteiger partial charge in [0.1, 0.15) is 0 Å². The number of carbonyl (C=O) groups excluding carboxylic acids is 1. The number of nitrogens with one attached hydrogen (secondary N) is 1. The second kappa shape index (κ2) is 5.73. The van der Waals surface area contributed by atoms with Gasteiger partial charge in [0.25, 0.3) is 0 Å². The maximum Gasteiger partial charge on any atom is 0.231 e. The van der Waals surface area contributed by atoms with Crippen LogP contribution in [0.1, 0.15) is 22.0 Å². The molecule has 1 aliphatic rings. The van der Waals surface area contributed by atoms with Gasteiger partial charge >= 0.3 is 0 Å². The van der Waals surface area contributed by atoms with Crippen molar-refractivity contribution in [3.05, 3.63) is 33.8 Å². The summed E-state index contributed by atoms with van der Waals surface area (Å²) < 4.78 is 10.5. The number of rotatable bonds is 4. The Labute approximate surface area is 126 Å². The number of anilines is 1. The summed E-state index contributed by atoms with van der Waals surface area (Å²) in [4.78, 5) is 17.6. The lowest BCUT2D eigenvalue weighted by Crippen LogP contribution is -2.12. The Bertz CT molecular complexity index is 662. The molecular formula is C15H16N2O3S. The Morgan fingerprint density at radius 1 is 1.33 bits per heavy atom. The van der Waals surface area contributed by atoms with Gasteiger partial charge in [-0.3, -0.25) is 4.79 Å². The van der Waals surface area contributed by atoms with Crippen LogP contribution < -0.4 is 14.8 Å². The fraction of sp³-hybridized carbons (Fsp3) is 0.333. The molecule has 1 amide bonds. The molecule has 0 unspecified atom stereocenters. The monoisotopic (exact) mass is 304 g/mol. The van der Waals surface area contributed by atoms with Gasteiger partial charge < -0.3 is 14.8 Å². The highest BCUT2D eigenvalue weighted by atomic mass is 32.1. The summed E-state index contributed by atoms with van der Waals surface area (Å²) in [5.74, 6) is 1.35.